The lowest BCUT2D eigenvalue weighted by Gasteiger charge is -2.14. The van der Waals surface area contributed by atoms with Gasteiger partial charge < -0.3 is 0 Å². The molecule has 0 radical (unpaired) electrons. The average Bonchev–Trinajstić information content (AvgIpc) is 2.83. The molecule has 0 aliphatic heterocycles. The molecular formula is C15H17ClN2O3S. The number of carbonyl (C=O) groups excluding carboxylic acids is 1. The second kappa shape index (κ2) is 6.22. The van der Waals surface area contributed by atoms with Crippen LogP contribution in [-0.4, -0.2) is 22.6 Å². The Labute approximate surface area is 135 Å². The minimum absolute atomic E-state index is 0.112. The van der Waals surface area contributed by atoms with Gasteiger partial charge in [-0.1, -0.05) is 31.5 Å². The zero-order chi connectivity index (χ0) is 16.5. The first-order chi connectivity index (χ1) is 10.2. The highest BCUT2D eigenvalue weighted by atomic mass is 35.5. The molecule has 7 heteroatoms. The van der Waals surface area contributed by atoms with Gasteiger partial charge in [0.15, 0.2) is 0 Å². The van der Waals surface area contributed by atoms with Gasteiger partial charge in [0, 0.05) is 5.92 Å². The Morgan fingerprint density at radius 2 is 1.86 bits per heavy atom. The molecule has 5 nitrogen and oxygen atoms in total. The molecule has 118 valence electrons. The van der Waals surface area contributed by atoms with Crippen LogP contribution in [0.15, 0.2) is 35.4 Å². The summed E-state index contributed by atoms with van der Waals surface area (Å²) < 4.78 is 26.9. The van der Waals surface area contributed by atoms with Gasteiger partial charge in [-0.2, -0.15) is 0 Å². The number of nitrogens with zero attached hydrogens (tertiary/aromatic N) is 2. The van der Waals surface area contributed by atoms with Crippen LogP contribution in [0.1, 0.15) is 36.8 Å². The van der Waals surface area contributed by atoms with Gasteiger partial charge in [0.05, 0.1) is 23.2 Å². The van der Waals surface area contributed by atoms with Crippen LogP contribution in [0.25, 0.3) is 0 Å². The van der Waals surface area contributed by atoms with Crippen molar-refractivity contribution in [2.75, 3.05) is 0 Å². The van der Waals surface area contributed by atoms with E-state index in [0.29, 0.717) is 5.82 Å². The Morgan fingerprint density at radius 1 is 1.27 bits per heavy atom. The molecule has 22 heavy (non-hydrogen) atoms. The number of aromatic nitrogens is 2. The van der Waals surface area contributed by atoms with Crippen molar-refractivity contribution in [2.24, 2.45) is 0 Å². The van der Waals surface area contributed by atoms with E-state index >= 15 is 0 Å². The molecule has 0 fully saturated rings. The SMILES string of the molecule is Cc1ccc(S(=O)(=O)n2c(CC(=O)Cl)cnc2C(C)C)cc1. The van der Waals surface area contributed by atoms with Crippen molar-refractivity contribution >= 4 is 26.9 Å². The first-order valence-corrected chi connectivity index (χ1v) is 8.62. The summed E-state index contributed by atoms with van der Waals surface area (Å²) in [6, 6.07) is 6.54. The molecule has 0 bridgehead atoms. The highest BCUT2D eigenvalue weighted by molar-refractivity contribution is 7.90. The Hall–Kier alpha value is -1.66. The van der Waals surface area contributed by atoms with E-state index < -0.39 is 15.3 Å². The van der Waals surface area contributed by atoms with Gasteiger partial charge in [0.2, 0.25) is 5.24 Å². The average molecular weight is 341 g/mol. The molecular weight excluding hydrogens is 324 g/mol. The summed E-state index contributed by atoms with van der Waals surface area (Å²) in [4.78, 5) is 15.5. The van der Waals surface area contributed by atoms with Gasteiger partial charge in [-0.15, -0.1) is 0 Å². The molecule has 0 saturated heterocycles. The van der Waals surface area contributed by atoms with Crippen LogP contribution in [0.3, 0.4) is 0 Å². The largest absolute Gasteiger partial charge is 0.281 e. The number of hydrogen-bond acceptors (Lipinski definition) is 4. The lowest BCUT2D eigenvalue weighted by Crippen LogP contribution is -2.20. The standard InChI is InChI=1S/C15H17ClN2O3S/c1-10(2)15-17-9-12(8-14(16)19)18(15)22(20,21)13-6-4-11(3)5-7-13/h4-7,9-10H,8H2,1-3H3. The fourth-order valence-electron chi connectivity index (χ4n) is 2.13. The van der Waals surface area contributed by atoms with Crippen molar-refractivity contribution in [3.8, 4) is 0 Å². The molecule has 0 N–H and O–H groups in total. The zero-order valence-corrected chi connectivity index (χ0v) is 14.1. The number of rotatable bonds is 5. The molecule has 0 aliphatic rings. The van der Waals surface area contributed by atoms with Crippen LogP contribution in [-0.2, 0) is 21.2 Å². The third-order valence-corrected chi connectivity index (χ3v) is 5.11. The van der Waals surface area contributed by atoms with Crippen molar-refractivity contribution in [3.63, 3.8) is 0 Å². The van der Waals surface area contributed by atoms with Crippen molar-refractivity contribution in [3.05, 3.63) is 47.5 Å². The van der Waals surface area contributed by atoms with E-state index in [9.17, 15) is 13.2 Å². The van der Waals surface area contributed by atoms with E-state index in [2.05, 4.69) is 4.98 Å². The van der Waals surface area contributed by atoms with Crippen molar-refractivity contribution < 1.29 is 13.2 Å². The number of imidazole rings is 1. The topological polar surface area (TPSA) is 69.0 Å². The van der Waals surface area contributed by atoms with E-state index in [-0.39, 0.29) is 22.9 Å². The Morgan fingerprint density at radius 3 is 2.36 bits per heavy atom. The fraction of sp³-hybridized carbons (Fsp3) is 0.333. The first kappa shape index (κ1) is 16.7. The van der Waals surface area contributed by atoms with Crippen LogP contribution >= 0.6 is 11.6 Å². The maximum absolute atomic E-state index is 12.9. The highest BCUT2D eigenvalue weighted by Crippen LogP contribution is 2.23. The summed E-state index contributed by atoms with van der Waals surface area (Å²) >= 11 is 5.42. The van der Waals surface area contributed by atoms with Gasteiger partial charge >= 0.3 is 0 Å². The molecule has 2 rings (SSSR count). The van der Waals surface area contributed by atoms with Gasteiger partial charge in [-0.3, -0.25) is 4.79 Å². The molecule has 2 aromatic rings. The molecule has 0 spiro atoms. The summed E-state index contributed by atoms with van der Waals surface area (Å²) in [5.41, 5.74) is 1.23. The van der Waals surface area contributed by atoms with Gasteiger partial charge in [-0.05, 0) is 30.7 Å². The molecule has 1 aromatic carbocycles. The molecule has 0 amide bonds. The maximum atomic E-state index is 12.9. The van der Waals surface area contributed by atoms with Crippen LogP contribution in [0, 0.1) is 6.92 Å². The van der Waals surface area contributed by atoms with Crippen LogP contribution in [0.2, 0.25) is 0 Å². The molecule has 1 aromatic heterocycles. The summed E-state index contributed by atoms with van der Waals surface area (Å²) in [6.07, 6.45) is 1.20. The summed E-state index contributed by atoms with van der Waals surface area (Å²) in [7, 11) is -3.82. The first-order valence-electron chi connectivity index (χ1n) is 6.80. The number of aryl methyl sites for hydroxylation is 1. The third kappa shape index (κ3) is 3.23. The number of carbonyl (C=O) groups is 1. The van der Waals surface area contributed by atoms with Crippen LogP contribution in [0.5, 0.6) is 0 Å². The number of benzene rings is 1. The second-order valence-electron chi connectivity index (χ2n) is 5.38. The van der Waals surface area contributed by atoms with Crippen molar-refractivity contribution in [1.29, 1.82) is 0 Å². The quantitative estimate of drug-likeness (QED) is 0.785. The lowest BCUT2D eigenvalue weighted by atomic mass is 10.2. The molecule has 0 aliphatic carbocycles. The molecule has 1 heterocycles. The summed E-state index contributed by atoms with van der Waals surface area (Å²) in [5, 5.41) is -0.629. The monoisotopic (exact) mass is 340 g/mol. The Bertz CT molecular complexity index is 793. The van der Waals surface area contributed by atoms with Crippen LogP contribution < -0.4 is 0 Å². The summed E-state index contributed by atoms with van der Waals surface area (Å²) in [5.74, 6) is 0.271. The Balaban J connectivity index is 2.65. The van der Waals surface area contributed by atoms with Crippen LogP contribution in [0.4, 0.5) is 0 Å². The molecule has 0 atom stereocenters. The predicted octanol–water partition coefficient (Wildman–Crippen LogP) is 2.86. The van der Waals surface area contributed by atoms with Gasteiger partial charge in [-0.25, -0.2) is 17.4 Å². The number of halogens is 1. The number of hydrogen-bond donors (Lipinski definition) is 0. The predicted molar refractivity (Wildman–Crippen MR) is 84.6 cm³/mol. The lowest BCUT2D eigenvalue weighted by molar-refractivity contribution is -0.111. The fourth-order valence-corrected chi connectivity index (χ4v) is 3.88. The minimum Gasteiger partial charge on any atom is -0.281 e. The molecule has 0 unspecified atom stereocenters. The minimum atomic E-state index is -3.82. The van der Waals surface area contributed by atoms with E-state index in [1.54, 1.807) is 24.3 Å². The molecule has 0 saturated carbocycles. The smallest absolute Gasteiger partial charge is 0.269 e. The van der Waals surface area contributed by atoms with Gasteiger partial charge in [0.25, 0.3) is 10.0 Å². The maximum Gasteiger partial charge on any atom is 0.269 e. The van der Waals surface area contributed by atoms with Crippen molar-refractivity contribution in [2.45, 2.75) is 38.0 Å². The summed E-state index contributed by atoms with van der Waals surface area (Å²) in [6.45, 7) is 5.57. The van der Waals surface area contributed by atoms with Gasteiger partial charge in [0.1, 0.15) is 5.82 Å². The van der Waals surface area contributed by atoms with E-state index in [1.807, 2.05) is 20.8 Å². The normalized spacial score (nSPS) is 11.9. The zero-order valence-electron chi connectivity index (χ0n) is 12.6. The second-order valence-corrected chi connectivity index (χ2v) is 7.59. The van der Waals surface area contributed by atoms with E-state index in [1.165, 1.54) is 6.20 Å². The van der Waals surface area contributed by atoms with E-state index in [0.717, 1.165) is 9.54 Å². The highest BCUT2D eigenvalue weighted by Gasteiger charge is 2.26. The van der Waals surface area contributed by atoms with Crippen molar-refractivity contribution in [1.82, 2.24) is 8.96 Å². The van der Waals surface area contributed by atoms with E-state index in [4.69, 9.17) is 11.6 Å². The Kier molecular flexibility index (Phi) is 4.72. The third-order valence-electron chi connectivity index (χ3n) is 3.21.